The van der Waals surface area contributed by atoms with Crippen molar-refractivity contribution in [2.75, 3.05) is 5.32 Å². The number of aromatic nitrogens is 1. The normalized spacial score (nSPS) is 10.6. The van der Waals surface area contributed by atoms with E-state index in [4.69, 9.17) is 4.42 Å². The van der Waals surface area contributed by atoms with Crippen molar-refractivity contribution < 1.29 is 14.0 Å². The molecule has 140 valence electrons. The van der Waals surface area contributed by atoms with E-state index in [0.29, 0.717) is 28.7 Å². The maximum absolute atomic E-state index is 12.3. The summed E-state index contributed by atoms with van der Waals surface area (Å²) >= 11 is 1.36. The Morgan fingerprint density at radius 3 is 2.63 bits per heavy atom. The minimum atomic E-state index is -0.248. The van der Waals surface area contributed by atoms with Crippen molar-refractivity contribution in [3.63, 3.8) is 0 Å². The summed E-state index contributed by atoms with van der Waals surface area (Å²) < 4.78 is 5.28. The van der Waals surface area contributed by atoms with E-state index in [2.05, 4.69) is 20.9 Å². The van der Waals surface area contributed by atoms with Crippen LogP contribution in [0.1, 0.15) is 29.9 Å². The number of anilines is 1. The van der Waals surface area contributed by atoms with Crippen LogP contribution in [0.4, 0.5) is 10.5 Å². The molecule has 3 rings (SSSR count). The van der Waals surface area contributed by atoms with Gasteiger partial charge >= 0.3 is 6.03 Å². The van der Waals surface area contributed by atoms with Gasteiger partial charge in [0.25, 0.3) is 5.91 Å². The molecule has 27 heavy (non-hydrogen) atoms. The number of carbonyl (C=O) groups excluding carboxylic acids is 2. The Balaban J connectivity index is 1.52. The Morgan fingerprint density at radius 2 is 1.96 bits per heavy atom. The van der Waals surface area contributed by atoms with Gasteiger partial charge in [0.05, 0.1) is 6.26 Å². The fourth-order valence-electron chi connectivity index (χ4n) is 2.30. The number of nitrogens with one attached hydrogen (secondary N) is 3. The molecule has 3 aromatic rings. The molecule has 0 radical (unpaired) electrons. The van der Waals surface area contributed by atoms with Gasteiger partial charge in [-0.15, -0.1) is 11.3 Å². The lowest BCUT2D eigenvalue weighted by molar-refractivity contribution is 0.0946. The van der Waals surface area contributed by atoms with E-state index < -0.39 is 0 Å². The summed E-state index contributed by atoms with van der Waals surface area (Å²) in [5.74, 6) is 0.395. The Morgan fingerprint density at radius 1 is 1.19 bits per heavy atom. The van der Waals surface area contributed by atoms with Crippen LogP contribution in [0.2, 0.25) is 0 Å². The molecular weight excluding hydrogens is 364 g/mol. The summed E-state index contributed by atoms with van der Waals surface area (Å²) in [6.45, 7) is 4.15. The van der Waals surface area contributed by atoms with Gasteiger partial charge in [-0.1, -0.05) is 12.1 Å². The number of carbonyl (C=O) groups is 2. The van der Waals surface area contributed by atoms with E-state index in [1.54, 1.807) is 35.9 Å². The van der Waals surface area contributed by atoms with Crippen LogP contribution in [-0.4, -0.2) is 23.0 Å². The first-order valence-electron chi connectivity index (χ1n) is 8.45. The lowest BCUT2D eigenvalue weighted by Gasteiger charge is -2.10. The largest absolute Gasteiger partial charge is 0.462 e. The van der Waals surface area contributed by atoms with E-state index in [1.165, 1.54) is 11.3 Å². The zero-order chi connectivity index (χ0) is 19.2. The van der Waals surface area contributed by atoms with Crippen molar-refractivity contribution in [2.24, 2.45) is 0 Å². The van der Waals surface area contributed by atoms with Crippen molar-refractivity contribution in [1.82, 2.24) is 15.6 Å². The Hall–Kier alpha value is -3.13. The fourth-order valence-corrected chi connectivity index (χ4v) is 3.07. The van der Waals surface area contributed by atoms with Crippen LogP contribution >= 0.6 is 11.3 Å². The summed E-state index contributed by atoms with van der Waals surface area (Å²) in [5, 5.41) is 10.7. The number of hydrogen-bond acceptors (Lipinski definition) is 5. The summed E-state index contributed by atoms with van der Waals surface area (Å²) in [5.41, 5.74) is 1.96. The monoisotopic (exact) mass is 384 g/mol. The highest BCUT2D eigenvalue weighted by atomic mass is 32.1. The van der Waals surface area contributed by atoms with Crippen LogP contribution in [0.15, 0.2) is 52.5 Å². The smallest absolute Gasteiger partial charge is 0.319 e. The van der Waals surface area contributed by atoms with Crippen LogP contribution in [0.3, 0.4) is 0 Å². The summed E-state index contributed by atoms with van der Waals surface area (Å²) in [6, 6.07) is 10.7. The second-order valence-corrected chi connectivity index (χ2v) is 7.01. The van der Waals surface area contributed by atoms with E-state index in [1.807, 2.05) is 26.0 Å². The van der Waals surface area contributed by atoms with Crippen molar-refractivity contribution in [2.45, 2.75) is 26.4 Å². The molecule has 8 heteroatoms. The molecule has 7 nitrogen and oxygen atoms in total. The van der Waals surface area contributed by atoms with Crippen LogP contribution in [0.25, 0.3) is 10.8 Å². The average Bonchev–Trinajstić information content (AvgIpc) is 3.31. The number of amides is 3. The molecule has 1 aromatic carbocycles. The summed E-state index contributed by atoms with van der Waals surface area (Å²) in [4.78, 5) is 28.2. The molecule has 0 unspecified atom stereocenters. The molecule has 2 aromatic heterocycles. The van der Waals surface area contributed by atoms with Gasteiger partial charge in [-0.05, 0) is 43.7 Å². The molecular formula is C19H20N4O3S. The molecule has 0 fully saturated rings. The first kappa shape index (κ1) is 18.7. The molecule has 0 aliphatic carbocycles. The lowest BCUT2D eigenvalue weighted by Crippen LogP contribution is -2.34. The number of benzene rings is 1. The van der Waals surface area contributed by atoms with Gasteiger partial charge < -0.3 is 20.4 Å². The number of hydrogen-bond donors (Lipinski definition) is 3. The molecule has 3 N–H and O–H groups in total. The minimum Gasteiger partial charge on any atom is -0.462 e. The SMILES string of the molecule is CC(C)NC(=O)Nc1ccc(CNC(=O)c2csc(-c3ccco3)n2)cc1. The number of urea groups is 1. The summed E-state index contributed by atoms with van der Waals surface area (Å²) in [6.07, 6.45) is 1.57. The molecule has 0 spiro atoms. The van der Waals surface area contributed by atoms with Gasteiger partial charge in [0.2, 0.25) is 0 Å². The van der Waals surface area contributed by atoms with E-state index >= 15 is 0 Å². The van der Waals surface area contributed by atoms with Crippen molar-refractivity contribution in [3.05, 3.63) is 59.3 Å². The third kappa shape index (κ3) is 5.18. The average molecular weight is 384 g/mol. The second-order valence-electron chi connectivity index (χ2n) is 6.15. The van der Waals surface area contributed by atoms with Crippen molar-refractivity contribution in [3.8, 4) is 10.8 Å². The highest BCUT2D eigenvalue weighted by Gasteiger charge is 2.13. The van der Waals surface area contributed by atoms with Crippen LogP contribution < -0.4 is 16.0 Å². The number of thiazole rings is 1. The second kappa shape index (κ2) is 8.50. The molecule has 0 aliphatic rings. The Kier molecular flexibility index (Phi) is 5.87. The zero-order valence-corrected chi connectivity index (χ0v) is 15.8. The third-order valence-corrected chi connectivity index (χ3v) is 4.41. The Bertz CT molecular complexity index is 901. The molecule has 0 saturated heterocycles. The highest BCUT2D eigenvalue weighted by molar-refractivity contribution is 7.13. The molecule has 3 amide bonds. The predicted molar refractivity (Wildman–Crippen MR) is 105 cm³/mol. The molecule has 0 atom stereocenters. The van der Waals surface area contributed by atoms with E-state index in [-0.39, 0.29) is 18.0 Å². The lowest BCUT2D eigenvalue weighted by atomic mass is 10.2. The summed E-state index contributed by atoms with van der Waals surface area (Å²) in [7, 11) is 0. The minimum absolute atomic E-state index is 0.0681. The predicted octanol–water partition coefficient (Wildman–Crippen LogP) is 3.86. The zero-order valence-electron chi connectivity index (χ0n) is 15.0. The van der Waals surface area contributed by atoms with E-state index in [9.17, 15) is 9.59 Å². The fraction of sp³-hybridized carbons (Fsp3) is 0.211. The molecule has 2 heterocycles. The standard InChI is InChI=1S/C19H20N4O3S/c1-12(2)21-19(25)22-14-7-5-13(6-8-14)10-20-17(24)15-11-27-18(23-15)16-4-3-9-26-16/h3-9,11-12H,10H2,1-2H3,(H,20,24)(H2,21,22,25). The van der Waals surface area contributed by atoms with Crippen LogP contribution in [0.5, 0.6) is 0 Å². The van der Waals surface area contributed by atoms with E-state index in [0.717, 1.165) is 5.56 Å². The maximum Gasteiger partial charge on any atom is 0.319 e. The number of nitrogens with zero attached hydrogens (tertiary/aromatic N) is 1. The number of rotatable bonds is 6. The van der Waals surface area contributed by atoms with Gasteiger partial charge in [0, 0.05) is 23.7 Å². The van der Waals surface area contributed by atoms with Gasteiger partial charge in [-0.2, -0.15) is 0 Å². The molecule has 0 bridgehead atoms. The molecule has 0 aliphatic heterocycles. The first-order chi connectivity index (χ1) is 13.0. The van der Waals surface area contributed by atoms with Gasteiger partial charge in [0.1, 0.15) is 5.69 Å². The highest BCUT2D eigenvalue weighted by Crippen LogP contribution is 2.23. The first-order valence-corrected chi connectivity index (χ1v) is 9.33. The molecule has 0 saturated carbocycles. The maximum atomic E-state index is 12.3. The quantitative estimate of drug-likeness (QED) is 0.601. The number of furan rings is 1. The Labute approximate surface area is 160 Å². The van der Waals surface area contributed by atoms with Gasteiger partial charge in [-0.3, -0.25) is 4.79 Å². The van der Waals surface area contributed by atoms with Crippen molar-refractivity contribution >= 4 is 29.0 Å². The topological polar surface area (TPSA) is 96.3 Å². The van der Waals surface area contributed by atoms with Crippen LogP contribution in [-0.2, 0) is 6.54 Å². The third-order valence-electron chi connectivity index (χ3n) is 3.55. The van der Waals surface area contributed by atoms with Crippen molar-refractivity contribution in [1.29, 1.82) is 0 Å². The van der Waals surface area contributed by atoms with Crippen LogP contribution in [0, 0.1) is 0 Å². The van der Waals surface area contributed by atoms with Gasteiger partial charge in [0.15, 0.2) is 10.8 Å². The van der Waals surface area contributed by atoms with Gasteiger partial charge in [-0.25, -0.2) is 9.78 Å².